The Bertz CT molecular complexity index is 451. The Labute approximate surface area is 111 Å². The molecule has 0 saturated heterocycles. The summed E-state index contributed by atoms with van der Waals surface area (Å²) in [6.07, 6.45) is 3.81. The normalized spacial score (nSPS) is 13.5. The van der Waals surface area contributed by atoms with Crippen molar-refractivity contribution in [1.82, 2.24) is 5.43 Å². The molecule has 0 amide bonds. The Hall–Kier alpha value is -2.21. The Morgan fingerprint density at radius 1 is 1.47 bits per heavy atom. The number of nitrogens with zero attached hydrogens (tertiary/aromatic N) is 1. The van der Waals surface area contributed by atoms with E-state index in [9.17, 15) is 8.78 Å². The SMILES string of the molecule is C=C/C(F)=C(/OC/C=C(C)\C(=C/N=C)NN)C(=C)F. The maximum Gasteiger partial charge on any atom is 0.190 e. The van der Waals surface area contributed by atoms with Gasteiger partial charge in [-0.1, -0.05) is 13.2 Å². The molecule has 0 aromatic carbocycles. The Morgan fingerprint density at radius 2 is 2.11 bits per heavy atom. The van der Waals surface area contributed by atoms with Crippen molar-refractivity contribution in [2.24, 2.45) is 10.8 Å². The molecule has 0 heterocycles. The summed E-state index contributed by atoms with van der Waals surface area (Å²) in [5.74, 6) is 2.76. The molecule has 0 bridgehead atoms. The second kappa shape index (κ2) is 8.82. The molecule has 0 radical (unpaired) electrons. The van der Waals surface area contributed by atoms with E-state index in [1.165, 1.54) is 6.20 Å². The first kappa shape index (κ1) is 16.8. The van der Waals surface area contributed by atoms with E-state index >= 15 is 0 Å². The maximum atomic E-state index is 13.2. The molecular weight excluding hydrogens is 252 g/mol. The molecule has 3 N–H and O–H groups in total. The molecule has 19 heavy (non-hydrogen) atoms. The van der Waals surface area contributed by atoms with Crippen molar-refractivity contribution in [2.45, 2.75) is 6.92 Å². The van der Waals surface area contributed by atoms with E-state index in [0.29, 0.717) is 11.3 Å². The molecule has 6 heteroatoms. The van der Waals surface area contributed by atoms with Gasteiger partial charge in [0.2, 0.25) is 0 Å². The maximum absolute atomic E-state index is 13.2. The standard InChI is InChI=1S/C13H17F2N3O/c1-5-11(15)13(10(3)14)19-7-6-9(2)12(18-16)8-17-4/h5-6,8,18H,1,3-4,7,16H2,2H3/b9-6-,12-8+,13-11-. The van der Waals surface area contributed by atoms with Crippen LogP contribution in [0.25, 0.3) is 0 Å². The summed E-state index contributed by atoms with van der Waals surface area (Å²) in [4.78, 5) is 3.55. The van der Waals surface area contributed by atoms with Gasteiger partial charge in [-0.25, -0.2) is 8.78 Å². The zero-order valence-electron chi connectivity index (χ0n) is 10.7. The summed E-state index contributed by atoms with van der Waals surface area (Å²) in [6.45, 7) is 11.1. The van der Waals surface area contributed by atoms with Crippen LogP contribution in [0.2, 0.25) is 0 Å². The van der Waals surface area contributed by atoms with Gasteiger partial charge in [0.25, 0.3) is 0 Å². The van der Waals surface area contributed by atoms with Crippen LogP contribution in [0.15, 0.2) is 65.2 Å². The quantitative estimate of drug-likeness (QED) is 0.234. The lowest BCUT2D eigenvalue weighted by molar-refractivity contribution is 0.231. The third-order valence-corrected chi connectivity index (χ3v) is 2.06. The topological polar surface area (TPSA) is 59.6 Å². The average Bonchev–Trinajstić information content (AvgIpc) is 2.39. The van der Waals surface area contributed by atoms with Crippen LogP contribution in [-0.4, -0.2) is 13.3 Å². The summed E-state index contributed by atoms with van der Waals surface area (Å²) >= 11 is 0. The highest BCUT2D eigenvalue weighted by Gasteiger charge is 2.09. The van der Waals surface area contributed by atoms with Gasteiger partial charge >= 0.3 is 0 Å². The van der Waals surface area contributed by atoms with Crippen molar-refractivity contribution in [3.8, 4) is 0 Å². The molecule has 0 saturated carbocycles. The minimum Gasteiger partial charge on any atom is -0.483 e. The molecule has 104 valence electrons. The number of rotatable bonds is 8. The van der Waals surface area contributed by atoms with Crippen LogP contribution >= 0.6 is 0 Å². The first-order valence-electron chi connectivity index (χ1n) is 5.27. The predicted molar refractivity (Wildman–Crippen MR) is 73.2 cm³/mol. The molecular formula is C13H17F2N3O. The van der Waals surface area contributed by atoms with E-state index in [1.807, 2.05) is 0 Å². The fraction of sp³-hybridized carbons (Fsp3) is 0.154. The van der Waals surface area contributed by atoms with Crippen molar-refractivity contribution < 1.29 is 13.5 Å². The number of hydrogen-bond acceptors (Lipinski definition) is 4. The lowest BCUT2D eigenvalue weighted by atomic mass is 10.2. The number of hydrogen-bond donors (Lipinski definition) is 2. The van der Waals surface area contributed by atoms with E-state index in [0.717, 1.165) is 6.08 Å². The largest absolute Gasteiger partial charge is 0.483 e. The third kappa shape index (κ3) is 5.78. The number of nitrogens with two attached hydrogens (primary N) is 1. The van der Waals surface area contributed by atoms with Crippen LogP contribution in [0.5, 0.6) is 0 Å². The second-order valence-electron chi connectivity index (χ2n) is 3.35. The molecule has 0 aliphatic heterocycles. The van der Waals surface area contributed by atoms with Gasteiger partial charge in [-0.05, 0) is 31.4 Å². The number of aliphatic imine (C=N–C) groups is 1. The second-order valence-corrected chi connectivity index (χ2v) is 3.35. The van der Waals surface area contributed by atoms with Crippen molar-refractivity contribution in [1.29, 1.82) is 0 Å². The first-order chi connectivity index (χ1) is 8.97. The van der Waals surface area contributed by atoms with Gasteiger partial charge in [0.15, 0.2) is 17.4 Å². The Kier molecular flexibility index (Phi) is 7.79. The number of halogens is 2. The summed E-state index contributed by atoms with van der Waals surface area (Å²) in [7, 11) is 0. The van der Waals surface area contributed by atoms with Crippen LogP contribution in [0, 0.1) is 0 Å². The van der Waals surface area contributed by atoms with E-state index in [4.69, 9.17) is 10.6 Å². The monoisotopic (exact) mass is 269 g/mol. The van der Waals surface area contributed by atoms with Gasteiger partial charge in [0.05, 0.1) is 11.9 Å². The van der Waals surface area contributed by atoms with Crippen LogP contribution in [-0.2, 0) is 4.74 Å². The lowest BCUT2D eigenvalue weighted by Crippen LogP contribution is -2.21. The molecule has 0 rings (SSSR count). The lowest BCUT2D eigenvalue weighted by Gasteiger charge is -2.08. The molecule has 0 unspecified atom stereocenters. The van der Waals surface area contributed by atoms with Gasteiger partial charge in [0, 0.05) is 0 Å². The van der Waals surface area contributed by atoms with Crippen LogP contribution in [0.4, 0.5) is 8.78 Å². The number of allylic oxidation sites excluding steroid dienone is 4. The average molecular weight is 269 g/mol. The molecule has 0 spiro atoms. The van der Waals surface area contributed by atoms with E-state index in [1.54, 1.807) is 13.0 Å². The molecule has 0 fully saturated rings. The Balaban J connectivity index is 4.82. The fourth-order valence-electron chi connectivity index (χ4n) is 1.07. The summed E-state index contributed by atoms with van der Waals surface area (Å²) in [5.41, 5.74) is 3.59. The molecule has 0 aromatic rings. The molecule has 0 aromatic heterocycles. The number of nitrogens with one attached hydrogen (secondary N) is 1. The van der Waals surface area contributed by atoms with Crippen molar-refractivity contribution in [2.75, 3.05) is 6.61 Å². The van der Waals surface area contributed by atoms with Crippen molar-refractivity contribution in [3.63, 3.8) is 0 Å². The molecule has 0 aliphatic carbocycles. The minimum absolute atomic E-state index is 0.0679. The zero-order valence-corrected chi connectivity index (χ0v) is 10.7. The van der Waals surface area contributed by atoms with Gasteiger partial charge in [-0.3, -0.25) is 10.8 Å². The van der Waals surface area contributed by atoms with Crippen molar-refractivity contribution >= 4 is 6.72 Å². The van der Waals surface area contributed by atoms with Gasteiger partial charge in [-0.15, -0.1) is 0 Å². The highest BCUT2D eigenvalue weighted by atomic mass is 19.1. The molecule has 0 aliphatic rings. The van der Waals surface area contributed by atoms with Crippen molar-refractivity contribution in [3.05, 3.63) is 60.2 Å². The van der Waals surface area contributed by atoms with E-state index in [2.05, 4.69) is 30.3 Å². The van der Waals surface area contributed by atoms with Gasteiger partial charge in [-0.2, -0.15) is 0 Å². The van der Waals surface area contributed by atoms with Crippen LogP contribution in [0.3, 0.4) is 0 Å². The van der Waals surface area contributed by atoms with E-state index in [-0.39, 0.29) is 6.61 Å². The smallest absolute Gasteiger partial charge is 0.190 e. The molecule has 4 nitrogen and oxygen atoms in total. The number of hydrazine groups is 1. The Morgan fingerprint density at radius 3 is 2.53 bits per heavy atom. The van der Waals surface area contributed by atoms with E-state index < -0.39 is 17.4 Å². The molecule has 0 atom stereocenters. The zero-order chi connectivity index (χ0) is 14.8. The summed E-state index contributed by atoms with van der Waals surface area (Å²) < 4.78 is 31.0. The summed E-state index contributed by atoms with van der Waals surface area (Å²) in [5, 5.41) is 0. The number of ether oxygens (including phenoxy) is 1. The highest BCUT2D eigenvalue weighted by Crippen LogP contribution is 2.18. The van der Waals surface area contributed by atoms with Crippen LogP contribution < -0.4 is 11.3 Å². The van der Waals surface area contributed by atoms with Gasteiger partial charge < -0.3 is 10.2 Å². The summed E-state index contributed by atoms with van der Waals surface area (Å²) in [6, 6.07) is 0. The first-order valence-corrected chi connectivity index (χ1v) is 5.27. The minimum atomic E-state index is -1.01. The van der Waals surface area contributed by atoms with Gasteiger partial charge in [0.1, 0.15) is 6.61 Å². The van der Waals surface area contributed by atoms with Crippen LogP contribution in [0.1, 0.15) is 6.92 Å². The third-order valence-electron chi connectivity index (χ3n) is 2.06. The highest BCUT2D eigenvalue weighted by molar-refractivity contribution is 5.32. The fourth-order valence-corrected chi connectivity index (χ4v) is 1.07. The predicted octanol–water partition coefficient (Wildman–Crippen LogP) is 2.80.